The van der Waals surface area contributed by atoms with Crippen LogP contribution < -0.4 is 16.2 Å². The van der Waals surface area contributed by atoms with E-state index in [1.807, 2.05) is 12.1 Å². The summed E-state index contributed by atoms with van der Waals surface area (Å²) in [6.07, 6.45) is 16.4. The Morgan fingerprint density at radius 1 is 0.686 bits per heavy atom. The van der Waals surface area contributed by atoms with Crippen molar-refractivity contribution in [3.63, 3.8) is 0 Å². The Labute approximate surface area is 207 Å². The van der Waals surface area contributed by atoms with Crippen LogP contribution in [-0.4, -0.2) is 0 Å². The highest BCUT2D eigenvalue weighted by Gasteiger charge is 2.16. The molecule has 3 aliphatic carbocycles. The van der Waals surface area contributed by atoms with Gasteiger partial charge in [0.25, 0.3) is 0 Å². The molecule has 0 bridgehead atoms. The van der Waals surface area contributed by atoms with E-state index in [-0.39, 0.29) is 0 Å². The maximum absolute atomic E-state index is 5.92. The minimum atomic E-state index is 0.816. The summed E-state index contributed by atoms with van der Waals surface area (Å²) in [7, 11) is 0. The first-order chi connectivity index (χ1) is 17.3. The van der Waals surface area contributed by atoms with Crippen molar-refractivity contribution in [1.29, 1.82) is 0 Å². The molecule has 4 aromatic rings. The van der Waals surface area contributed by atoms with E-state index in [1.54, 1.807) is 5.56 Å². The lowest BCUT2D eigenvalue weighted by molar-refractivity contribution is 0.825. The summed E-state index contributed by atoms with van der Waals surface area (Å²) in [5, 5.41) is 5.58. The molecule has 7 rings (SSSR count). The third-order valence-corrected chi connectivity index (χ3v) is 7.49. The van der Waals surface area contributed by atoms with E-state index in [9.17, 15) is 0 Å². The second kappa shape index (κ2) is 9.43. The summed E-state index contributed by atoms with van der Waals surface area (Å²) in [5.41, 5.74) is 15.3. The molecule has 172 valence electrons. The highest BCUT2D eigenvalue weighted by molar-refractivity contribution is 5.70. The SMILES string of the molecule is C1=Cc2ccccc2CC1.Nc1ccc(-c2cc3c(c4c2=c2ccccc2=CC4)CCCC=3)cc1. The Balaban J connectivity index is 0.000000191. The Bertz CT molecular complexity index is 1640. The van der Waals surface area contributed by atoms with Crippen molar-refractivity contribution in [3.05, 3.63) is 128 Å². The van der Waals surface area contributed by atoms with Crippen molar-refractivity contribution in [1.82, 2.24) is 0 Å². The zero-order chi connectivity index (χ0) is 23.6. The summed E-state index contributed by atoms with van der Waals surface area (Å²) in [4.78, 5) is 0. The first-order valence-electron chi connectivity index (χ1n) is 12.8. The lowest BCUT2D eigenvalue weighted by Gasteiger charge is -2.19. The maximum Gasteiger partial charge on any atom is 0.0314 e. The highest BCUT2D eigenvalue weighted by Crippen LogP contribution is 2.28. The number of fused-ring (bicyclic) bond motifs is 5. The van der Waals surface area contributed by atoms with E-state index in [1.165, 1.54) is 80.8 Å². The van der Waals surface area contributed by atoms with Gasteiger partial charge in [-0.3, -0.25) is 0 Å². The zero-order valence-electron chi connectivity index (χ0n) is 20.1. The number of hydrogen-bond donors (Lipinski definition) is 1. The molecule has 0 aliphatic heterocycles. The molecule has 0 atom stereocenters. The molecule has 0 aromatic heterocycles. The third kappa shape index (κ3) is 4.23. The Morgan fingerprint density at radius 2 is 1.51 bits per heavy atom. The van der Waals surface area contributed by atoms with Crippen LogP contribution in [0.2, 0.25) is 0 Å². The van der Waals surface area contributed by atoms with Gasteiger partial charge in [0.2, 0.25) is 0 Å². The molecule has 1 heteroatoms. The van der Waals surface area contributed by atoms with Crippen LogP contribution >= 0.6 is 0 Å². The molecule has 0 heterocycles. The van der Waals surface area contributed by atoms with Crippen LogP contribution in [0.25, 0.3) is 29.4 Å². The predicted molar refractivity (Wildman–Crippen MR) is 149 cm³/mol. The number of allylic oxidation sites excluding steroid dienone is 1. The average Bonchev–Trinajstić information content (AvgIpc) is 2.93. The molecule has 0 radical (unpaired) electrons. The number of hydrogen-bond acceptors (Lipinski definition) is 1. The van der Waals surface area contributed by atoms with Gasteiger partial charge >= 0.3 is 0 Å². The van der Waals surface area contributed by atoms with E-state index in [2.05, 4.69) is 91.0 Å². The standard InChI is InChI=1S/C24H21N.C10H10/c25-19-12-9-17(10-13-19)23-15-18-6-2-3-7-20(18)22-14-11-16-5-1-4-8-21(16)24(22)23;1-2-6-10-8-4-3-7-9(10)5-1/h1,4-6,8-13,15H,2-3,7,14,25H2;1-3,5-7H,4,8H2. The maximum atomic E-state index is 5.92. The molecular formula is C34H31N. The number of rotatable bonds is 1. The van der Waals surface area contributed by atoms with Crippen LogP contribution in [0.5, 0.6) is 0 Å². The van der Waals surface area contributed by atoms with Crippen LogP contribution in [0.4, 0.5) is 5.69 Å². The van der Waals surface area contributed by atoms with Crippen LogP contribution in [0.1, 0.15) is 41.5 Å². The number of nitrogens with two attached hydrogens (primary N) is 1. The van der Waals surface area contributed by atoms with Crippen molar-refractivity contribution in [2.75, 3.05) is 5.73 Å². The minimum Gasteiger partial charge on any atom is -0.399 e. The van der Waals surface area contributed by atoms with Gasteiger partial charge in [-0.25, -0.2) is 0 Å². The molecular weight excluding hydrogens is 422 g/mol. The number of aryl methyl sites for hydroxylation is 1. The average molecular weight is 454 g/mol. The monoisotopic (exact) mass is 453 g/mol. The molecule has 0 fully saturated rings. The fourth-order valence-corrected chi connectivity index (χ4v) is 5.73. The van der Waals surface area contributed by atoms with Crippen molar-refractivity contribution in [2.24, 2.45) is 0 Å². The van der Waals surface area contributed by atoms with Gasteiger partial charge in [0, 0.05) is 5.69 Å². The summed E-state index contributed by atoms with van der Waals surface area (Å²) in [6.45, 7) is 0. The molecule has 0 spiro atoms. The van der Waals surface area contributed by atoms with Gasteiger partial charge in [0.1, 0.15) is 0 Å². The Morgan fingerprint density at radius 3 is 2.40 bits per heavy atom. The van der Waals surface area contributed by atoms with Crippen molar-refractivity contribution in [2.45, 2.75) is 38.5 Å². The van der Waals surface area contributed by atoms with Crippen LogP contribution in [0, 0.1) is 10.4 Å². The lowest BCUT2D eigenvalue weighted by Crippen LogP contribution is -2.20. The first-order valence-corrected chi connectivity index (χ1v) is 12.8. The second-order valence-electron chi connectivity index (χ2n) is 9.70. The van der Waals surface area contributed by atoms with E-state index in [0.717, 1.165) is 12.1 Å². The fourth-order valence-electron chi connectivity index (χ4n) is 5.73. The summed E-state index contributed by atoms with van der Waals surface area (Å²) >= 11 is 0. The second-order valence-corrected chi connectivity index (χ2v) is 9.70. The van der Waals surface area contributed by atoms with Gasteiger partial charge < -0.3 is 5.73 Å². The normalized spacial score (nSPS) is 14.6. The van der Waals surface area contributed by atoms with E-state index >= 15 is 0 Å². The fraction of sp³-hybridized carbons (Fsp3) is 0.176. The molecule has 0 amide bonds. The first kappa shape index (κ1) is 21.7. The smallest absolute Gasteiger partial charge is 0.0314 e. The van der Waals surface area contributed by atoms with Crippen molar-refractivity contribution < 1.29 is 0 Å². The van der Waals surface area contributed by atoms with Crippen LogP contribution in [-0.2, 0) is 19.3 Å². The summed E-state index contributed by atoms with van der Waals surface area (Å²) < 4.78 is 0. The quantitative estimate of drug-likeness (QED) is 0.335. The molecule has 1 nitrogen and oxygen atoms in total. The van der Waals surface area contributed by atoms with Gasteiger partial charge in [-0.2, -0.15) is 0 Å². The highest BCUT2D eigenvalue weighted by atomic mass is 14.5. The van der Waals surface area contributed by atoms with Crippen LogP contribution in [0.3, 0.4) is 0 Å². The van der Waals surface area contributed by atoms with Crippen molar-refractivity contribution in [3.8, 4) is 11.1 Å². The summed E-state index contributed by atoms with van der Waals surface area (Å²) in [6, 6.07) is 28.1. The molecule has 35 heavy (non-hydrogen) atoms. The Hall–Kier alpha value is -3.84. The topological polar surface area (TPSA) is 26.0 Å². The lowest BCUT2D eigenvalue weighted by atomic mass is 9.85. The number of anilines is 1. The van der Waals surface area contributed by atoms with E-state index in [4.69, 9.17) is 5.73 Å². The largest absolute Gasteiger partial charge is 0.399 e. The van der Waals surface area contributed by atoms with E-state index in [0.29, 0.717) is 0 Å². The van der Waals surface area contributed by atoms with Gasteiger partial charge in [-0.1, -0.05) is 85.0 Å². The molecule has 0 unspecified atom stereocenters. The molecule has 4 aromatic carbocycles. The molecule has 2 N–H and O–H groups in total. The van der Waals surface area contributed by atoms with Crippen molar-refractivity contribution >= 4 is 23.9 Å². The van der Waals surface area contributed by atoms with Gasteiger partial charge in [0.05, 0.1) is 0 Å². The molecule has 0 saturated carbocycles. The summed E-state index contributed by atoms with van der Waals surface area (Å²) in [5.74, 6) is 0. The predicted octanol–water partition coefficient (Wildman–Crippen LogP) is 6.32. The molecule has 0 saturated heterocycles. The number of benzene rings is 4. The third-order valence-electron chi connectivity index (χ3n) is 7.49. The zero-order valence-corrected chi connectivity index (χ0v) is 20.1. The molecule has 3 aliphatic rings. The van der Waals surface area contributed by atoms with Gasteiger partial charge in [0.15, 0.2) is 0 Å². The number of nitrogen functional groups attached to an aromatic ring is 1. The Kier molecular flexibility index (Phi) is 5.84. The van der Waals surface area contributed by atoms with Gasteiger partial charge in [-0.05, 0) is 111 Å². The minimum absolute atomic E-state index is 0.816. The van der Waals surface area contributed by atoms with Gasteiger partial charge in [-0.15, -0.1) is 0 Å². The van der Waals surface area contributed by atoms with E-state index < -0.39 is 0 Å². The van der Waals surface area contributed by atoms with Crippen LogP contribution in [0.15, 0.2) is 84.9 Å².